The van der Waals surface area contributed by atoms with Gasteiger partial charge in [-0.2, -0.15) is 0 Å². The van der Waals surface area contributed by atoms with Crippen LogP contribution in [0.4, 0.5) is 5.69 Å². The zero-order valence-electron chi connectivity index (χ0n) is 9.09. The van der Waals surface area contributed by atoms with E-state index in [1.54, 1.807) is 26.0 Å². The minimum Gasteiger partial charge on any atom is -0.464 e. The Morgan fingerprint density at radius 2 is 2.31 bits per heavy atom. The Morgan fingerprint density at radius 3 is 2.94 bits per heavy atom. The summed E-state index contributed by atoms with van der Waals surface area (Å²) in [6, 6.07) is 4.94. The number of halogens is 2. The number of benzene rings is 1. The molecule has 88 valence electrons. The van der Waals surface area contributed by atoms with Crippen molar-refractivity contribution in [3.63, 3.8) is 0 Å². The molecule has 16 heavy (non-hydrogen) atoms. The van der Waals surface area contributed by atoms with Crippen LogP contribution in [0.1, 0.15) is 13.8 Å². The topological polar surface area (TPSA) is 38.3 Å². The van der Waals surface area contributed by atoms with Gasteiger partial charge in [0, 0.05) is 9.50 Å². The van der Waals surface area contributed by atoms with E-state index in [0.29, 0.717) is 11.6 Å². The van der Waals surface area contributed by atoms with E-state index in [9.17, 15) is 4.79 Å². The predicted octanol–water partition coefficient (Wildman–Crippen LogP) is 3.47. The zero-order valence-corrected chi connectivity index (χ0v) is 11.4. The smallest absolute Gasteiger partial charge is 0.328 e. The second-order valence-electron chi connectivity index (χ2n) is 3.24. The summed E-state index contributed by atoms with van der Waals surface area (Å²) in [5, 5.41) is 3.64. The first-order chi connectivity index (χ1) is 7.54. The number of esters is 1. The maximum Gasteiger partial charge on any atom is 0.328 e. The first-order valence-corrected chi connectivity index (χ1v) is 6.10. The van der Waals surface area contributed by atoms with Gasteiger partial charge in [-0.15, -0.1) is 0 Å². The van der Waals surface area contributed by atoms with Gasteiger partial charge < -0.3 is 10.1 Å². The Hall–Kier alpha value is -0.740. The summed E-state index contributed by atoms with van der Waals surface area (Å²) in [6.45, 7) is 3.90. The normalized spacial score (nSPS) is 12.0. The molecule has 3 nitrogen and oxygen atoms in total. The Kier molecular flexibility index (Phi) is 5.09. The molecule has 0 spiro atoms. The minimum absolute atomic E-state index is 0.283. The van der Waals surface area contributed by atoms with Gasteiger partial charge in [0.25, 0.3) is 0 Å². The summed E-state index contributed by atoms with van der Waals surface area (Å²) in [5.74, 6) is -0.283. The Morgan fingerprint density at radius 1 is 1.62 bits per heavy atom. The van der Waals surface area contributed by atoms with Gasteiger partial charge in [-0.25, -0.2) is 4.79 Å². The molecule has 0 aliphatic heterocycles. The summed E-state index contributed by atoms with van der Waals surface area (Å²) >= 11 is 9.24. The lowest BCUT2D eigenvalue weighted by molar-refractivity contribution is -0.143. The quantitative estimate of drug-likeness (QED) is 0.866. The first kappa shape index (κ1) is 13.3. The second kappa shape index (κ2) is 6.11. The summed E-state index contributed by atoms with van der Waals surface area (Å²) < 4.78 is 5.75. The van der Waals surface area contributed by atoms with Gasteiger partial charge in [0.05, 0.1) is 12.3 Å². The number of anilines is 1. The molecule has 0 fully saturated rings. The van der Waals surface area contributed by atoms with Gasteiger partial charge >= 0.3 is 5.97 Å². The van der Waals surface area contributed by atoms with E-state index in [4.69, 9.17) is 16.3 Å². The third kappa shape index (κ3) is 3.68. The molecule has 1 atom stereocenters. The number of ether oxygens (including phenoxy) is 1. The summed E-state index contributed by atoms with van der Waals surface area (Å²) in [4.78, 5) is 11.4. The number of rotatable bonds is 4. The van der Waals surface area contributed by atoms with Gasteiger partial charge in [-0.05, 0) is 48.0 Å². The fourth-order valence-corrected chi connectivity index (χ4v) is 1.70. The van der Waals surface area contributed by atoms with Crippen LogP contribution >= 0.6 is 27.5 Å². The molecule has 0 amide bonds. The minimum atomic E-state index is -0.408. The fraction of sp³-hybridized carbons (Fsp3) is 0.364. The van der Waals surface area contributed by atoms with E-state index in [2.05, 4.69) is 21.2 Å². The van der Waals surface area contributed by atoms with Crippen molar-refractivity contribution in [2.45, 2.75) is 19.9 Å². The molecule has 0 saturated heterocycles. The van der Waals surface area contributed by atoms with Gasteiger partial charge in [0.15, 0.2) is 0 Å². The highest BCUT2D eigenvalue weighted by Crippen LogP contribution is 2.26. The number of nitrogens with one attached hydrogen (secondary N) is 1. The van der Waals surface area contributed by atoms with Crippen LogP contribution in [0, 0.1) is 0 Å². The molecule has 0 heterocycles. The highest BCUT2D eigenvalue weighted by Gasteiger charge is 2.14. The molecule has 1 aromatic carbocycles. The summed E-state index contributed by atoms with van der Waals surface area (Å²) in [7, 11) is 0. The van der Waals surface area contributed by atoms with Gasteiger partial charge in [-0.1, -0.05) is 11.6 Å². The molecule has 0 aliphatic rings. The second-order valence-corrected chi connectivity index (χ2v) is 4.53. The first-order valence-electron chi connectivity index (χ1n) is 4.92. The third-order valence-electron chi connectivity index (χ3n) is 1.94. The van der Waals surface area contributed by atoms with Crippen LogP contribution in [-0.2, 0) is 9.53 Å². The number of hydrogen-bond acceptors (Lipinski definition) is 3. The third-order valence-corrected chi connectivity index (χ3v) is 2.87. The van der Waals surface area contributed by atoms with Crippen molar-refractivity contribution in [1.82, 2.24) is 0 Å². The number of carbonyl (C=O) groups is 1. The van der Waals surface area contributed by atoms with E-state index in [-0.39, 0.29) is 5.97 Å². The van der Waals surface area contributed by atoms with E-state index in [1.807, 2.05) is 6.07 Å². The Bertz CT molecular complexity index is 384. The monoisotopic (exact) mass is 305 g/mol. The molecular weight excluding hydrogens is 293 g/mol. The highest BCUT2D eigenvalue weighted by molar-refractivity contribution is 9.10. The molecule has 0 radical (unpaired) electrons. The maximum absolute atomic E-state index is 11.4. The Balaban J connectivity index is 2.72. The molecule has 5 heteroatoms. The van der Waals surface area contributed by atoms with Crippen molar-refractivity contribution < 1.29 is 9.53 Å². The lowest BCUT2D eigenvalue weighted by Gasteiger charge is -2.15. The predicted molar refractivity (Wildman–Crippen MR) is 68.9 cm³/mol. The van der Waals surface area contributed by atoms with Crippen molar-refractivity contribution in [2.75, 3.05) is 11.9 Å². The van der Waals surface area contributed by atoms with Crippen LogP contribution in [0.15, 0.2) is 22.7 Å². The molecule has 0 bridgehead atoms. The molecule has 1 aromatic rings. The lowest BCUT2D eigenvalue weighted by Crippen LogP contribution is -2.28. The molecular formula is C11H13BrClNO2. The van der Waals surface area contributed by atoms with Crippen LogP contribution in [0.2, 0.25) is 5.02 Å². The van der Waals surface area contributed by atoms with Crippen LogP contribution in [-0.4, -0.2) is 18.6 Å². The highest BCUT2D eigenvalue weighted by atomic mass is 79.9. The van der Waals surface area contributed by atoms with Crippen LogP contribution in [0.25, 0.3) is 0 Å². The van der Waals surface area contributed by atoms with Gasteiger partial charge in [-0.3, -0.25) is 0 Å². The average molecular weight is 307 g/mol. The van der Waals surface area contributed by atoms with Crippen LogP contribution in [0.5, 0.6) is 0 Å². The lowest BCUT2D eigenvalue weighted by atomic mass is 10.2. The van der Waals surface area contributed by atoms with E-state index >= 15 is 0 Å². The van der Waals surface area contributed by atoms with Crippen molar-refractivity contribution in [3.05, 3.63) is 27.7 Å². The van der Waals surface area contributed by atoms with E-state index in [1.165, 1.54) is 0 Å². The summed E-state index contributed by atoms with van der Waals surface area (Å²) in [5.41, 5.74) is 0.771. The van der Waals surface area contributed by atoms with Crippen LogP contribution in [0.3, 0.4) is 0 Å². The molecule has 1 N–H and O–H groups in total. The van der Waals surface area contributed by atoms with Crippen molar-refractivity contribution in [1.29, 1.82) is 0 Å². The molecule has 1 unspecified atom stereocenters. The summed E-state index contributed by atoms with van der Waals surface area (Å²) in [6.07, 6.45) is 0. The van der Waals surface area contributed by atoms with E-state index in [0.717, 1.165) is 10.2 Å². The number of hydrogen-bond donors (Lipinski definition) is 1. The largest absolute Gasteiger partial charge is 0.464 e. The molecule has 0 aliphatic carbocycles. The van der Waals surface area contributed by atoms with Crippen molar-refractivity contribution in [2.24, 2.45) is 0 Å². The number of carbonyl (C=O) groups excluding carboxylic acids is 1. The molecule has 0 saturated carbocycles. The fourth-order valence-electron chi connectivity index (χ4n) is 1.17. The standard InChI is InChI=1S/C11H13BrClNO2/c1-3-16-11(15)7(2)14-10-6-8(13)4-5-9(10)12/h4-7,14H,3H2,1-2H3. The van der Waals surface area contributed by atoms with Gasteiger partial charge in [0.1, 0.15) is 6.04 Å². The van der Waals surface area contributed by atoms with Gasteiger partial charge in [0.2, 0.25) is 0 Å². The SMILES string of the molecule is CCOC(=O)C(C)Nc1cc(Cl)ccc1Br. The van der Waals surface area contributed by atoms with Crippen LogP contribution < -0.4 is 5.32 Å². The maximum atomic E-state index is 11.4. The van der Waals surface area contributed by atoms with Crippen molar-refractivity contribution >= 4 is 39.2 Å². The Labute approximate surface area is 108 Å². The zero-order chi connectivity index (χ0) is 12.1. The molecule has 0 aromatic heterocycles. The average Bonchev–Trinajstić information content (AvgIpc) is 2.23. The van der Waals surface area contributed by atoms with E-state index < -0.39 is 6.04 Å². The van der Waals surface area contributed by atoms with Crippen molar-refractivity contribution in [3.8, 4) is 0 Å². The molecule has 1 rings (SSSR count).